The largest absolute Gasteiger partial charge is 0.339 e. The Morgan fingerprint density at radius 2 is 1.67 bits per heavy atom. The van der Waals surface area contributed by atoms with Crippen molar-refractivity contribution in [2.45, 2.75) is 11.8 Å². The van der Waals surface area contributed by atoms with E-state index >= 15 is 0 Å². The summed E-state index contributed by atoms with van der Waals surface area (Å²) in [5, 5.41) is 8.26. The first kappa shape index (κ1) is 21.0. The van der Waals surface area contributed by atoms with Gasteiger partial charge in [-0.25, -0.2) is 4.98 Å². The Labute approximate surface area is 194 Å². The van der Waals surface area contributed by atoms with Crippen molar-refractivity contribution in [3.05, 3.63) is 94.9 Å². The maximum absolute atomic E-state index is 12.6. The van der Waals surface area contributed by atoms with E-state index < -0.39 is 10.0 Å². The summed E-state index contributed by atoms with van der Waals surface area (Å²) in [6, 6.07) is 21.4. The zero-order valence-electron chi connectivity index (χ0n) is 17.4. The smallest absolute Gasteiger partial charge is 0.285 e. The van der Waals surface area contributed by atoms with Gasteiger partial charge in [-0.3, -0.25) is 10.1 Å². The fraction of sp³-hybridized carbons (Fsp3) is 0.0417. The Balaban J connectivity index is 1.28. The molecule has 7 nitrogen and oxygen atoms in total. The van der Waals surface area contributed by atoms with Crippen LogP contribution in [0.1, 0.15) is 21.5 Å². The standard InChI is InChI=1S/C24H18N4O3S2/c1-15-6-8-16(9-7-15)20-14-32-24(26-20)27-23(29)17-10-12-18(13-11-17)25-22-19-4-2-3-5-21(19)33(30,31)28-22/h2-14H,1H3,(H,25,28)(H,26,27,29). The number of carbonyl (C=O) groups excluding carboxylic acids is 1. The van der Waals surface area contributed by atoms with Gasteiger partial charge in [0.05, 0.1) is 5.69 Å². The zero-order chi connectivity index (χ0) is 23.0. The van der Waals surface area contributed by atoms with Gasteiger partial charge in [-0.1, -0.05) is 42.0 Å². The maximum atomic E-state index is 12.6. The molecular formula is C24H18N4O3S2. The van der Waals surface area contributed by atoms with Crippen LogP contribution in [0.15, 0.2) is 87.5 Å². The number of hydrogen-bond donors (Lipinski definition) is 2. The second-order valence-corrected chi connectivity index (χ2v) is 9.90. The number of amides is 1. The average Bonchev–Trinajstić information content (AvgIpc) is 3.37. The molecule has 0 atom stereocenters. The lowest BCUT2D eigenvalue weighted by Gasteiger charge is -2.07. The molecule has 1 amide bonds. The van der Waals surface area contributed by atoms with Crippen LogP contribution in [0.2, 0.25) is 0 Å². The van der Waals surface area contributed by atoms with E-state index in [1.165, 1.54) is 23.0 Å². The predicted octanol–water partition coefficient (Wildman–Crippen LogP) is 4.93. The van der Waals surface area contributed by atoms with Crippen LogP contribution >= 0.6 is 11.3 Å². The maximum Gasteiger partial charge on any atom is 0.285 e. The van der Waals surface area contributed by atoms with Crippen LogP contribution in [0.5, 0.6) is 0 Å². The van der Waals surface area contributed by atoms with Crippen LogP contribution < -0.4 is 10.6 Å². The van der Waals surface area contributed by atoms with Gasteiger partial charge in [-0.15, -0.1) is 15.7 Å². The molecule has 0 aliphatic carbocycles. The number of rotatable bonds is 4. The first-order valence-electron chi connectivity index (χ1n) is 10.0. The molecule has 5 rings (SSSR count). The van der Waals surface area contributed by atoms with Gasteiger partial charge in [0.2, 0.25) is 0 Å². The summed E-state index contributed by atoms with van der Waals surface area (Å²) in [5.74, 6) is -0.0216. The van der Waals surface area contributed by atoms with Gasteiger partial charge < -0.3 is 5.32 Å². The Morgan fingerprint density at radius 3 is 2.42 bits per heavy atom. The van der Waals surface area contributed by atoms with Crippen molar-refractivity contribution < 1.29 is 13.2 Å². The molecule has 0 radical (unpaired) electrons. The highest BCUT2D eigenvalue weighted by Crippen LogP contribution is 2.27. The number of carbonyl (C=O) groups is 1. The topological polar surface area (TPSA) is 101 Å². The molecular weight excluding hydrogens is 456 g/mol. The second-order valence-electron chi connectivity index (χ2n) is 7.47. The van der Waals surface area contributed by atoms with Crippen molar-refractivity contribution in [2.75, 3.05) is 10.6 Å². The minimum atomic E-state index is -3.70. The fourth-order valence-corrected chi connectivity index (χ4v) is 5.29. The summed E-state index contributed by atoms with van der Waals surface area (Å²) in [6.45, 7) is 2.03. The van der Waals surface area contributed by atoms with E-state index in [9.17, 15) is 13.2 Å². The zero-order valence-corrected chi connectivity index (χ0v) is 19.1. The first-order chi connectivity index (χ1) is 15.9. The predicted molar refractivity (Wildman–Crippen MR) is 130 cm³/mol. The van der Waals surface area contributed by atoms with Gasteiger partial charge in [-0.05, 0) is 43.3 Å². The van der Waals surface area contributed by atoms with Gasteiger partial charge in [0, 0.05) is 27.8 Å². The van der Waals surface area contributed by atoms with E-state index in [2.05, 4.69) is 20.0 Å². The Kier molecular flexibility index (Phi) is 5.27. The van der Waals surface area contributed by atoms with Crippen LogP contribution in [0.4, 0.5) is 10.8 Å². The monoisotopic (exact) mass is 474 g/mol. The third kappa shape index (κ3) is 4.28. The van der Waals surface area contributed by atoms with Crippen molar-refractivity contribution in [1.29, 1.82) is 0 Å². The van der Waals surface area contributed by atoms with Crippen LogP contribution in [-0.4, -0.2) is 25.1 Å². The molecule has 164 valence electrons. The lowest BCUT2D eigenvalue weighted by molar-refractivity contribution is 0.102. The molecule has 0 bridgehead atoms. The number of hydrogen-bond acceptors (Lipinski definition) is 6. The summed E-state index contributed by atoms with van der Waals surface area (Å²) in [5.41, 5.74) is 4.56. The number of thiazole rings is 1. The van der Waals surface area contributed by atoms with Crippen LogP contribution in [0.25, 0.3) is 11.3 Å². The highest BCUT2D eigenvalue weighted by atomic mass is 32.2. The summed E-state index contributed by atoms with van der Waals surface area (Å²) >= 11 is 1.36. The molecule has 1 aliphatic rings. The minimum Gasteiger partial charge on any atom is -0.339 e. The quantitative estimate of drug-likeness (QED) is 0.437. The van der Waals surface area contributed by atoms with E-state index in [4.69, 9.17) is 0 Å². The summed E-state index contributed by atoms with van der Waals surface area (Å²) in [7, 11) is -3.70. The van der Waals surface area contributed by atoms with E-state index in [0.29, 0.717) is 21.9 Å². The Hall–Kier alpha value is -3.82. The summed E-state index contributed by atoms with van der Waals surface area (Å²) in [4.78, 5) is 17.3. The van der Waals surface area contributed by atoms with Crippen LogP contribution in [0.3, 0.4) is 0 Å². The number of sulfonamides is 1. The highest BCUT2D eigenvalue weighted by Gasteiger charge is 2.28. The molecule has 0 fully saturated rings. The number of nitrogens with zero attached hydrogens (tertiary/aromatic N) is 2. The molecule has 4 aromatic rings. The molecule has 1 aliphatic heterocycles. The summed E-state index contributed by atoms with van der Waals surface area (Å²) in [6.07, 6.45) is 0. The number of nitrogens with one attached hydrogen (secondary N) is 2. The number of aryl methyl sites for hydroxylation is 1. The van der Waals surface area contributed by atoms with Gasteiger partial charge in [0.1, 0.15) is 4.90 Å². The lowest BCUT2D eigenvalue weighted by atomic mass is 10.1. The van der Waals surface area contributed by atoms with Crippen molar-refractivity contribution >= 4 is 43.9 Å². The molecule has 33 heavy (non-hydrogen) atoms. The molecule has 1 aromatic heterocycles. The van der Waals surface area contributed by atoms with Crippen molar-refractivity contribution in [3.8, 4) is 11.3 Å². The van der Waals surface area contributed by atoms with Gasteiger partial charge in [-0.2, -0.15) is 8.42 Å². The van der Waals surface area contributed by atoms with E-state index in [1.807, 2.05) is 36.6 Å². The Bertz CT molecular complexity index is 1490. The number of aromatic nitrogens is 1. The van der Waals surface area contributed by atoms with Gasteiger partial charge >= 0.3 is 0 Å². The van der Waals surface area contributed by atoms with E-state index in [1.54, 1.807) is 42.5 Å². The van der Waals surface area contributed by atoms with E-state index in [-0.39, 0.29) is 16.6 Å². The van der Waals surface area contributed by atoms with Crippen molar-refractivity contribution in [2.24, 2.45) is 4.40 Å². The van der Waals surface area contributed by atoms with Gasteiger partial charge in [0.15, 0.2) is 11.0 Å². The SMILES string of the molecule is Cc1ccc(-c2csc(NC(=O)c3ccc(NC4=NS(=O)(=O)c5ccccc54)cc3)n2)cc1. The molecule has 0 spiro atoms. The van der Waals surface area contributed by atoms with Crippen LogP contribution in [-0.2, 0) is 10.0 Å². The second kappa shape index (κ2) is 8.27. The molecule has 9 heteroatoms. The minimum absolute atomic E-state index is 0.178. The highest BCUT2D eigenvalue weighted by molar-refractivity contribution is 7.90. The lowest BCUT2D eigenvalue weighted by Crippen LogP contribution is -2.13. The number of anilines is 2. The summed E-state index contributed by atoms with van der Waals surface area (Å²) < 4.78 is 28.2. The van der Waals surface area contributed by atoms with Gasteiger partial charge in [0.25, 0.3) is 15.9 Å². The van der Waals surface area contributed by atoms with Crippen LogP contribution in [0, 0.1) is 6.92 Å². The Morgan fingerprint density at radius 1 is 0.939 bits per heavy atom. The number of fused-ring (bicyclic) bond motifs is 1. The van der Waals surface area contributed by atoms with Crippen molar-refractivity contribution in [1.82, 2.24) is 4.98 Å². The molecule has 0 saturated heterocycles. The molecule has 0 unspecified atom stereocenters. The first-order valence-corrected chi connectivity index (χ1v) is 12.4. The third-order valence-electron chi connectivity index (χ3n) is 5.11. The average molecular weight is 475 g/mol. The van der Waals surface area contributed by atoms with Crippen molar-refractivity contribution in [3.63, 3.8) is 0 Å². The van der Waals surface area contributed by atoms with E-state index in [0.717, 1.165) is 11.3 Å². The number of amidine groups is 1. The number of benzene rings is 3. The normalized spacial score (nSPS) is 13.8. The molecule has 3 aromatic carbocycles. The molecule has 0 saturated carbocycles. The fourth-order valence-electron chi connectivity index (χ4n) is 3.39. The molecule has 2 heterocycles. The third-order valence-corrected chi connectivity index (χ3v) is 7.21. The molecule has 2 N–H and O–H groups in total.